The number of fused-ring (bicyclic) bond motifs is 1. The van der Waals surface area contributed by atoms with Crippen molar-refractivity contribution < 1.29 is 18.0 Å². The fourth-order valence-electron chi connectivity index (χ4n) is 3.94. The number of alkyl halides is 3. The summed E-state index contributed by atoms with van der Waals surface area (Å²) in [6.45, 7) is 0. The maximum atomic E-state index is 13.9. The molecule has 6 nitrogen and oxygen atoms in total. The number of H-pyrrole nitrogens is 1. The molecule has 0 bridgehead atoms. The van der Waals surface area contributed by atoms with E-state index in [4.69, 9.17) is 0 Å². The Hall–Kier alpha value is -3.62. The predicted octanol–water partition coefficient (Wildman–Crippen LogP) is 4.31. The number of halogens is 3. The fraction of sp³-hybridized carbons (Fsp3) is 0.261. The number of amides is 1. The van der Waals surface area contributed by atoms with Gasteiger partial charge in [-0.25, -0.2) is 4.68 Å². The molecule has 0 radical (unpaired) electrons. The number of hydrogen-bond donors (Lipinski definition) is 2. The first-order chi connectivity index (χ1) is 15.3. The zero-order chi connectivity index (χ0) is 22.9. The molecule has 0 aliphatic heterocycles. The van der Waals surface area contributed by atoms with Crippen molar-refractivity contribution in [2.45, 2.75) is 37.8 Å². The lowest BCUT2D eigenvalue weighted by Gasteiger charge is -2.21. The Bertz CT molecular complexity index is 1310. The Balaban J connectivity index is 1.93. The Morgan fingerprint density at radius 1 is 1.09 bits per heavy atom. The number of rotatable bonds is 3. The van der Waals surface area contributed by atoms with Crippen LogP contribution >= 0.6 is 0 Å². The second-order valence-electron chi connectivity index (χ2n) is 7.68. The van der Waals surface area contributed by atoms with Crippen molar-refractivity contribution in [2.24, 2.45) is 0 Å². The number of carbonyl (C=O) groups is 1. The van der Waals surface area contributed by atoms with Crippen molar-refractivity contribution in [1.82, 2.24) is 9.66 Å². The number of benzene rings is 2. The van der Waals surface area contributed by atoms with Gasteiger partial charge in [0.2, 0.25) is 0 Å². The van der Waals surface area contributed by atoms with Crippen LogP contribution < -0.4 is 16.5 Å². The number of nitrogens with one attached hydrogen (secondary N) is 2. The van der Waals surface area contributed by atoms with E-state index in [0.29, 0.717) is 11.1 Å². The maximum Gasteiger partial charge on any atom is 0.416 e. The lowest BCUT2D eigenvalue weighted by atomic mass is 9.89. The quantitative estimate of drug-likeness (QED) is 0.468. The van der Waals surface area contributed by atoms with Gasteiger partial charge in [-0.05, 0) is 49.1 Å². The molecule has 3 aromatic rings. The van der Waals surface area contributed by atoms with Gasteiger partial charge >= 0.3 is 17.3 Å². The van der Waals surface area contributed by atoms with Crippen LogP contribution in [-0.2, 0) is 6.18 Å². The highest BCUT2D eigenvalue weighted by atomic mass is 19.4. The van der Waals surface area contributed by atoms with Gasteiger partial charge < -0.3 is 4.98 Å². The predicted molar refractivity (Wildman–Crippen MR) is 114 cm³/mol. The first kappa shape index (κ1) is 21.6. The minimum Gasteiger partial charge on any atom is -0.316 e. The van der Waals surface area contributed by atoms with Gasteiger partial charge in [-0.2, -0.15) is 13.2 Å². The molecule has 166 valence electrons. The average molecular weight is 443 g/mol. The molecule has 1 aliphatic rings. The molecule has 0 saturated heterocycles. The number of nitrogens with zero attached hydrogens (tertiary/aromatic N) is 1. The first-order valence-corrected chi connectivity index (χ1v) is 10.2. The highest BCUT2D eigenvalue weighted by molar-refractivity contribution is 6.00. The van der Waals surface area contributed by atoms with Crippen molar-refractivity contribution >= 4 is 16.9 Å². The van der Waals surface area contributed by atoms with Gasteiger partial charge in [0.25, 0.3) is 5.91 Å². The summed E-state index contributed by atoms with van der Waals surface area (Å²) in [5.41, 5.74) is -0.738. The smallest absolute Gasteiger partial charge is 0.316 e. The summed E-state index contributed by atoms with van der Waals surface area (Å²) in [7, 11) is 0. The molecule has 0 unspecified atom stereocenters. The topological polar surface area (TPSA) is 84.0 Å². The molecule has 1 heterocycles. The second kappa shape index (κ2) is 8.49. The van der Waals surface area contributed by atoms with E-state index in [1.165, 1.54) is 18.2 Å². The summed E-state index contributed by atoms with van der Waals surface area (Å²) >= 11 is 0. The van der Waals surface area contributed by atoms with Gasteiger partial charge in [0.15, 0.2) is 0 Å². The number of allylic oxidation sites excluding steroid dienone is 2. The number of carbonyl (C=O) groups excluding carboxylic acids is 1. The number of aromatic nitrogens is 2. The van der Waals surface area contributed by atoms with E-state index in [1.807, 2.05) is 6.08 Å². The molecular weight excluding hydrogens is 423 g/mol. The van der Waals surface area contributed by atoms with Gasteiger partial charge in [0.05, 0.1) is 16.6 Å². The van der Waals surface area contributed by atoms with Crippen molar-refractivity contribution in [2.75, 3.05) is 5.43 Å². The second-order valence-corrected chi connectivity index (χ2v) is 7.68. The Morgan fingerprint density at radius 3 is 2.56 bits per heavy atom. The van der Waals surface area contributed by atoms with Gasteiger partial charge in [0, 0.05) is 11.5 Å². The summed E-state index contributed by atoms with van der Waals surface area (Å²) in [5.74, 6) is -1.17. The van der Waals surface area contributed by atoms with E-state index in [2.05, 4.69) is 10.4 Å². The van der Waals surface area contributed by atoms with Gasteiger partial charge in [-0.3, -0.25) is 19.8 Å². The monoisotopic (exact) mass is 443 g/mol. The van der Waals surface area contributed by atoms with Crippen LogP contribution in [0.15, 0.2) is 64.2 Å². The fourth-order valence-corrected chi connectivity index (χ4v) is 3.94. The van der Waals surface area contributed by atoms with Gasteiger partial charge in [-0.1, -0.05) is 36.8 Å². The molecule has 4 rings (SSSR count). The molecule has 2 aromatic carbocycles. The molecule has 9 heteroatoms. The van der Waals surface area contributed by atoms with Gasteiger partial charge in [-0.15, -0.1) is 0 Å². The van der Waals surface area contributed by atoms with Crippen LogP contribution in [0.4, 0.5) is 13.2 Å². The van der Waals surface area contributed by atoms with Crippen molar-refractivity contribution in [3.05, 3.63) is 92.0 Å². The normalized spacial score (nSPS) is 16.7. The minimum atomic E-state index is -4.66. The minimum absolute atomic E-state index is 0.00249. The molecule has 1 atom stereocenters. The number of hydrogen-bond acceptors (Lipinski definition) is 3. The lowest BCUT2D eigenvalue weighted by molar-refractivity contribution is -0.138. The Morgan fingerprint density at radius 2 is 1.84 bits per heavy atom. The molecule has 1 aliphatic carbocycles. The average Bonchev–Trinajstić information content (AvgIpc) is 3.05. The largest absolute Gasteiger partial charge is 0.416 e. The lowest BCUT2D eigenvalue weighted by Crippen LogP contribution is -2.42. The zero-order valence-corrected chi connectivity index (χ0v) is 16.9. The molecular formula is C23H20F3N3O3. The van der Waals surface area contributed by atoms with Crippen LogP contribution in [0.25, 0.3) is 11.0 Å². The van der Waals surface area contributed by atoms with Crippen LogP contribution in [0.1, 0.15) is 53.1 Å². The van der Waals surface area contributed by atoms with Crippen molar-refractivity contribution in [1.29, 1.82) is 0 Å². The van der Waals surface area contributed by atoms with E-state index in [-0.39, 0.29) is 22.2 Å². The summed E-state index contributed by atoms with van der Waals surface area (Å²) in [6, 6.07) is 10.0. The number of aromatic amines is 1. The third-order valence-corrected chi connectivity index (χ3v) is 5.51. The highest BCUT2D eigenvalue weighted by Gasteiger charge is 2.36. The van der Waals surface area contributed by atoms with E-state index < -0.39 is 34.7 Å². The van der Waals surface area contributed by atoms with Crippen LogP contribution in [0, 0.1) is 0 Å². The third-order valence-electron chi connectivity index (χ3n) is 5.51. The molecule has 0 saturated carbocycles. The molecule has 32 heavy (non-hydrogen) atoms. The summed E-state index contributed by atoms with van der Waals surface area (Å²) in [4.78, 5) is 39.5. The van der Waals surface area contributed by atoms with E-state index in [1.54, 1.807) is 24.3 Å². The van der Waals surface area contributed by atoms with E-state index >= 15 is 0 Å². The summed E-state index contributed by atoms with van der Waals surface area (Å²) in [5, 5.41) is 0. The first-order valence-electron chi connectivity index (χ1n) is 10.2. The molecule has 0 spiro atoms. The molecule has 1 amide bonds. The van der Waals surface area contributed by atoms with Crippen molar-refractivity contribution in [3.63, 3.8) is 0 Å². The SMILES string of the molecule is O=C(Nn1c(=O)c(=O)[nH]c2cc(C(F)(F)F)c([C@@H]3C=CCCCC3)cc21)c1ccccc1. The molecule has 1 aromatic heterocycles. The Kier molecular flexibility index (Phi) is 5.73. The highest BCUT2D eigenvalue weighted by Crippen LogP contribution is 2.39. The third kappa shape index (κ3) is 4.23. The van der Waals surface area contributed by atoms with Crippen molar-refractivity contribution in [3.8, 4) is 0 Å². The molecule has 0 fully saturated rings. The molecule has 2 N–H and O–H groups in total. The van der Waals surface area contributed by atoms with E-state index in [0.717, 1.165) is 25.3 Å². The van der Waals surface area contributed by atoms with E-state index in [9.17, 15) is 27.6 Å². The standard InChI is InChI=1S/C23H20F3N3O3/c24-23(25,26)17-13-18-19(12-16(17)14-8-4-1-2-5-9-14)29(22(32)21(31)27-18)28-20(30)15-10-6-3-7-11-15/h3-4,6-8,10-14H,1-2,5,9H2,(H,27,31)(H,28,30)/t14-/m1/s1. The summed E-state index contributed by atoms with van der Waals surface area (Å²) in [6.07, 6.45) is 1.91. The van der Waals surface area contributed by atoms with Gasteiger partial charge in [0.1, 0.15) is 0 Å². The zero-order valence-electron chi connectivity index (χ0n) is 16.9. The Labute approximate surface area is 180 Å². The van der Waals surface area contributed by atoms with Crippen LogP contribution in [0.2, 0.25) is 0 Å². The maximum absolute atomic E-state index is 13.9. The van der Waals surface area contributed by atoms with Crippen LogP contribution in [0.5, 0.6) is 0 Å². The van der Waals surface area contributed by atoms with Crippen LogP contribution in [-0.4, -0.2) is 15.6 Å². The van der Waals surface area contributed by atoms with Crippen LogP contribution in [0.3, 0.4) is 0 Å². The summed E-state index contributed by atoms with van der Waals surface area (Å²) < 4.78 is 42.4.